The van der Waals surface area contributed by atoms with Crippen molar-refractivity contribution < 1.29 is 22.7 Å². The molecule has 1 aliphatic rings. The molecule has 0 aliphatic carbocycles. The predicted octanol–water partition coefficient (Wildman–Crippen LogP) is 2.29. The molecular weight excluding hydrogens is 456 g/mol. The second-order valence-electron chi connectivity index (χ2n) is 7.72. The van der Waals surface area contributed by atoms with E-state index in [1.54, 1.807) is 61.4 Å². The van der Waals surface area contributed by atoms with Crippen LogP contribution in [0, 0.1) is 11.3 Å². The van der Waals surface area contributed by atoms with Crippen molar-refractivity contribution in [2.24, 2.45) is 0 Å². The van der Waals surface area contributed by atoms with Crippen molar-refractivity contribution in [1.82, 2.24) is 14.5 Å². The van der Waals surface area contributed by atoms with Crippen molar-refractivity contribution in [2.75, 3.05) is 40.4 Å². The van der Waals surface area contributed by atoms with Crippen LogP contribution in [0.5, 0.6) is 11.5 Å². The van der Waals surface area contributed by atoms with Crippen LogP contribution in [0.4, 0.5) is 0 Å². The minimum atomic E-state index is -3.57. The maximum absolute atomic E-state index is 12.8. The van der Waals surface area contributed by atoms with E-state index in [2.05, 4.69) is 5.32 Å². The van der Waals surface area contributed by atoms with E-state index < -0.39 is 15.9 Å². The number of benzene rings is 2. The summed E-state index contributed by atoms with van der Waals surface area (Å²) in [5, 5.41) is 12.4. The van der Waals surface area contributed by atoms with Crippen LogP contribution in [0.1, 0.15) is 18.5 Å². The third kappa shape index (κ3) is 5.68. The van der Waals surface area contributed by atoms with Crippen molar-refractivity contribution >= 4 is 15.9 Å². The molecule has 1 N–H and O–H groups in total. The number of ether oxygens (including phenoxy) is 2. The Kier molecular flexibility index (Phi) is 8.15. The maximum atomic E-state index is 12.8. The fraction of sp³-hybridized carbons (Fsp3) is 0.333. The lowest BCUT2D eigenvalue weighted by Crippen LogP contribution is -2.47. The van der Waals surface area contributed by atoms with Crippen LogP contribution in [-0.4, -0.2) is 63.9 Å². The van der Waals surface area contributed by atoms with Gasteiger partial charge in [-0.15, -0.1) is 0 Å². The topological polar surface area (TPSA) is 112 Å². The number of sulfonamides is 1. The van der Waals surface area contributed by atoms with Crippen molar-refractivity contribution in [2.45, 2.75) is 17.9 Å². The number of methoxy groups -OCH3 is 2. The van der Waals surface area contributed by atoms with Crippen LogP contribution >= 0.6 is 0 Å². The molecule has 1 saturated heterocycles. The average molecular weight is 485 g/mol. The molecule has 34 heavy (non-hydrogen) atoms. The molecule has 0 saturated carbocycles. The number of nitrogens with one attached hydrogen (secondary N) is 1. The number of carbonyl (C=O) groups excluding carboxylic acids is 1. The van der Waals surface area contributed by atoms with Gasteiger partial charge in [0.25, 0.3) is 5.91 Å². The van der Waals surface area contributed by atoms with Gasteiger partial charge in [-0.2, -0.15) is 9.57 Å². The van der Waals surface area contributed by atoms with Crippen LogP contribution in [0.25, 0.3) is 0 Å². The van der Waals surface area contributed by atoms with Gasteiger partial charge >= 0.3 is 0 Å². The van der Waals surface area contributed by atoms with Crippen LogP contribution < -0.4 is 14.8 Å². The van der Waals surface area contributed by atoms with Crippen molar-refractivity contribution in [1.29, 1.82) is 5.26 Å². The highest BCUT2D eigenvalue weighted by Gasteiger charge is 2.28. The second-order valence-corrected chi connectivity index (χ2v) is 9.66. The Bertz CT molecular complexity index is 1180. The highest BCUT2D eigenvalue weighted by Crippen LogP contribution is 2.30. The molecule has 180 valence electrons. The number of hydrogen-bond donors (Lipinski definition) is 1. The van der Waals surface area contributed by atoms with Gasteiger partial charge in [0, 0.05) is 32.4 Å². The Labute approximate surface area is 200 Å². The van der Waals surface area contributed by atoms with Gasteiger partial charge in [-0.25, -0.2) is 8.42 Å². The van der Waals surface area contributed by atoms with E-state index >= 15 is 0 Å². The van der Waals surface area contributed by atoms with Gasteiger partial charge < -0.3 is 19.7 Å². The molecule has 0 radical (unpaired) electrons. The standard InChI is InChI=1S/C24H28N4O5S/c1-18(19-9-10-22(32-2)23(15-19)33-3)26-24(29)20(16-25)17-27-11-13-28(14-12-27)34(30,31)21-7-5-4-6-8-21/h4-10,15,17-18H,11-14H2,1-3H3,(H,26,29)/b20-17-. The first-order valence-electron chi connectivity index (χ1n) is 10.7. The quantitative estimate of drug-likeness (QED) is 0.452. The first kappa shape index (κ1) is 25.1. The number of hydrogen-bond acceptors (Lipinski definition) is 7. The summed E-state index contributed by atoms with van der Waals surface area (Å²) in [6.07, 6.45) is 1.49. The zero-order valence-electron chi connectivity index (χ0n) is 19.4. The summed E-state index contributed by atoms with van der Waals surface area (Å²) in [6.45, 7) is 3.07. The van der Waals surface area contributed by atoms with E-state index in [9.17, 15) is 18.5 Å². The highest BCUT2D eigenvalue weighted by atomic mass is 32.2. The number of carbonyl (C=O) groups is 1. The second kappa shape index (κ2) is 11.0. The molecule has 1 amide bonds. The monoisotopic (exact) mass is 484 g/mol. The zero-order valence-corrected chi connectivity index (χ0v) is 20.2. The molecule has 1 aliphatic heterocycles. The van der Waals surface area contributed by atoms with Crippen molar-refractivity contribution in [3.8, 4) is 17.6 Å². The Morgan fingerprint density at radius 2 is 1.71 bits per heavy atom. The smallest absolute Gasteiger partial charge is 0.263 e. The Morgan fingerprint density at radius 3 is 2.29 bits per heavy atom. The van der Waals surface area contributed by atoms with Gasteiger partial charge in [-0.3, -0.25) is 4.79 Å². The van der Waals surface area contributed by atoms with Crippen molar-refractivity contribution in [3.63, 3.8) is 0 Å². The Balaban J connectivity index is 1.63. The molecule has 1 fully saturated rings. The Morgan fingerprint density at radius 1 is 1.06 bits per heavy atom. The molecule has 10 heteroatoms. The van der Waals surface area contributed by atoms with Gasteiger partial charge in [0.2, 0.25) is 10.0 Å². The summed E-state index contributed by atoms with van der Waals surface area (Å²) in [5.41, 5.74) is 0.745. The number of amides is 1. The highest BCUT2D eigenvalue weighted by molar-refractivity contribution is 7.89. The third-order valence-electron chi connectivity index (χ3n) is 5.59. The maximum Gasteiger partial charge on any atom is 0.263 e. The van der Waals surface area contributed by atoms with E-state index in [-0.39, 0.29) is 29.6 Å². The lowest BCUT2D eigenvalue weighted by Gasteiger charge is -2.33. The fourth-order valence-corrected chi connectivity index (χ4v) is 5.06. The zero-order chi connectivity index (χ0) is 24.7. The summed E-state index contributed by atoms with van der Waals surface area (Å²) < 4.78 is 37.5. The van der Waals surface area contributed by atoms with Crippen LogP contribution in [0.2, 0.25) is 0 Å². The lowest BCUT2D eigenvalue weighted by molar-refractivity contribution is -0.117. The number of rotatable bonds is 8. The molecule has 1 heterocycles. The molecule has 9 nitrogen and oxygen atoms in total. The predicted molar refractivity (Wildman–Crippen MR) is 127 cm³/mol. The van der Waals surface area contributed by atoms with Gasteiger partial charge in [0.15, 0.2) is 11.5 Å². The molecule has 0 aromatic heterocycles. The summed E-state index contributed by atoms with van der Waals surface area (Å²) in [4.78, 5) is 14.8. The number of piperazine rings is 1. The van der Waals surface area contributed by atoms with Gasteiger partial charge in [-0.1, -0.05) is 24.3 Å². The van der Waals surface area contributed by atoms with Gasteiger partial charge in [0.1, 0.15) is 11.6 Å². The van der Waals surface area contributed by atoms with E-state index in [1.165, 1.54) is 17.6 Å². The fourth-order valence-electron chi connectivity index (χ4n) is 3.62. The molecule has 2 aromatic carbocycles. The molecule has 0 spiro atoms. The summed E-state index contributed by atoms with van der Waals surface area (Å²) in [5.74, 6) is 0.611. The summed E-state index contributed by atoms with van der Waals surface area (Å²) in [7, 11) is -0.491. The van der Waals surface area contributed by atoms with E-state index in [0.717, 1.165) is 5.56 Å². The van der Waals surface area contributed by atoms with Crippen molar-refractivity contribution in [3.05, 3.63) is 65.9 Å². The van der Waals surface area contributed by atoms with E-state index in [4.69, 9.17) is 9.47 Å². The average Bonchev–Trinajstić information content (AvgIpc) is 2.87. The van der Waals surface area contributed by atoms with Crippen LogP contribution in [0.15, 0.2) is 65.2 Å². The van der Waals surface area contributed by atoms with Gasteiger partial charge in [0.05, 0.1) is 25.2 Å². The Hall–Kier alpha value is -3.55. The SMILES string of the molecule is COc1ccc(C(C)NC(=O)/C(C#N)=C\N2CCN(S(=O)(=O)c3ccccc3)CC2)cc1OC. The first-order chi connectivity index (χ1) is 16.3. The van der Waals surface area contributed by atoms with E-state index in [0.29, 0.717) is 24.6 Å². The molecule has 1 unspecified atom stereocenters. The molecule has 2 aromatic rings. The molecular formula is C24H28N4O5S. The number of nitrogens with zero attached hydrogens (tertiary/aromatic N) is 3. The number of nitriles is 1. The normalized spacial score (nSPS) is 15.8. The molecule has 1 atom stereocenters. The summed E-state index contributed by atoms with van der Waals surface area (Å²) >= 11 is 0. The molecule has 3 rings (SSSR count). The largest absolute Gasteiger partial charge is 0.493 e. The first-order valence-corrected chi connectivity index (χ1v) is 12.2. The van der Waals surface area contributed by atoms with Gasteiger partial charge in [-0.05, 0) is 36.8 Å². The van der Waals surface area contributed by atoms with Crippen LogP contribution in [0.3, 0.4) is 0 Å². The lowest BCUT2D eigenvalue weighted by atomic mass is 10.1. The summed E-state index contributed by atoms with van der Waals surface area (Å²) in [6, 6.07) is 15.2. The minimum Gasteiger partial charge on any atom is -0.493 e. The third-order valence-corrected chi connectivity index (χ3v) is 7.50. The minimum absolute atomic E-state index is 0.0494. The van der Waals surface area contributed by atoms with Crippen LogP contribution in [-0.2, 0) is 14.8 Å². The van der Waals surface area contributed by atoms with E-state index in [1.807, 2.05) is 12.1 Å². The molecule has 0 bridgehead atoms.